The van der Waals surface area contributed by atoms with Gasteiger partial charge in [-0.15, -0.1) is 11.8 Å². The second kappa shape index (κ2) is 5.61. The van der Waals surface area contributed by atoms with Crippen molar-refractivity contribution in [2.45, 2.75) is 22.7 Å². The molecule has 0 saturated carbocycles. The summed E-state index contributed by atoms with van der Waals surface area (Å²) >= 11 is 5.15. The van der Waals surface area contributed by atoms with E-state index in [1.807, 2.05) is 17.8 Å². The summed E-state index contributed by atoms with van der Waals surface area (Å²) in [5.74, 6) is 1.01. The number of sulfonamides is 1. The van der Waals surface area contributed by atoms with Gasteiger partial charge in [0.2, 0.25) is 10.0 Å². The largest absolute Gasteiger partial charge is 0.363 e. The second-order valence-corrected chi connectivity index (χ2v) is 9.14. The standard InChI is InChI=1S/C13H16BrNO3S2/c14-11-3-1-2-4-12(11)20(16,17)15-7-5-13(6-8-15)18-9-10-19-13/h1-4H,5-10H2. The average Bonchev–Trinajstić information content (AvgIpc) is 2.88. The van der Waals surface area contributed by atoms with Crippen molar-refractivity contribution in [3.05, 3.63) is 28.7 Å². The second-order valence-electron chi connectivity index (χ2n) is 4.94. The minimum Gasteiger partial charge on any atom is -0.363 e. The highest BCUT2D eigenvalue weighted by Crippen LogP contribution is 2.42. The minimum absolute atomic E-state index is 0.139. The topological polar surface area (TPSA) is 46.6 Å². The molecule has 4 nitrogen and oxygen atoms in total. The fourth-order valence-corrected chi connectivity index (χ4v) is 6.23. The van der Waals surface area contributed by atoms with Crippen LogP contribution in [0.15, 0.2) is 33.6 Å². The van der Waals surface area contributed by atoms with Crippen molar-refractivity contribution in [2.24, 2.45) is 0 Å². The maximum atomic E-state index is 12.7. The summed E-state index contributed by atoms with van der Waals surface area (Å²) < 4.78 is 33.3. The number of hydrogen-bond donors (Lipinski definition) is 0. The van der Waals surface area contributed by atoms with Gasteiger partial charge in [0.25, 0.3) is 0 Å². The molecular formula is C13H16BrNO3S2. The van der Waals surface area contributed by atoms with Gasteiger partial charge in [0.15, 0.2) is 0 Å². The van der Waals surface area contributed by atoms with E-state index in [2.05, 4.69) is 15.9 Å². The SMILES string of the molecule is O=S(=O)(c1ccccc1Br)N1CCC2(CC1)OCCS2. The van der Waals surface area contributed by atoms with E-state index in [0.717, 1.165) is 25.2 Å². The number of hydrogen-bond acceptors (Lipinski definition) is 4. The van der Waals surface area contributed by atoms with Gasteiger partial charge in [0, 0.05) is 23.3 Å². The van der Waals surface area contributed by atoms with Crippen LogP contribution in [0.1, 0.15) is 12.8 Å². The van der Waals surface area contributed by atoms with E-state index >= 15 is 0 Å². The van der Waals surface area contributed by atoms with Crippen molar-refractivity contribution in [2.75, 3.05) is 25.4 Å². The number of ether oxygens (including phenoxy) is 1. The Bertz CT molecular complexity index is 589. The van der Waals surface area contributed by atoms with Crippen LogP contribution in [0, 0.1) is 0 Å². The van der Waals surface area contributed by atoms with Crippen molar-refractivity contribution < 1.29 is 13.2 Å². The van der Waals surface area contributed by atoms with Crippen LogP contribution in [0.5, 0.6) is 0 Å². The highest BCUT2D eigenvalue weighted by atomic mass is 79.9. The van der Waals surface area contributed by atoms with Crippen LogP contribution in [-0.2, 0) is 14.8 Å². The Morgan fingerprint density at radius 2 is 1.95 bits per heavy atom. The first-order valence-corrected chi connectivity index (χ1v) is 9.78. The molecule has 0 unspecified atom stereocenters. The molecule has 0 amide bonds. The fourth-order valence-electron chi connectivity index (χ4n) is 2.65. The summed E-state index contributed by atoms with van der Waals surface area (Å²) in [6.45, 7) is 1.83. The van der Waals surface area contributed by atoms with Crippen LogP contribution >= 0.6 is 27.7 Å². The van der Waals surface area contributed by atoms with E-state index in [0.29, 0.717) is 22.5 Å². The molecule has 0 radical (unpaired) electrons. The highest BCUT2D eigenvalue weighted by molar-refractivity contribution is 9.10. The molecule has 2 aliphatic heterocycles. The number of halogens is 1. The average molecular weight is 378 g/mol. The number of benzene rings is 1. The smallest absolute Gasteiger partial charge is 0.244 e. The molecule has 0 N–H and O–H groups in total. The van der Waals surface area contributed by atoms with Gasteiger partial charge >= 0.3 is 0 Å². The lowest BCUT2D eigenvalue weighted by Gasteiger charge is -2.37. The molecule has 0 atom stereocenters. The van der Waals surface area contributed by atoms with Crippen LogP contribution in [0.4, 0.5) is 0 Å². The monoisotopic (exact) mass is 377 g/mol. The maximum Gasteiger partial charge on any atom is 0.244 e. The lowest BCUT2D eigenvalue weighted by molar-refractivity contribution is 0.0161. The molecule has 20 heavy (non-hydrogen) atoms. The molecule has 0 bridgehead atoms. The van der Waals surface area contributed by atoms with E-state index in [9.17, 15) is 8.42 Å². The third kappa shape index (κ3) is 2.66. The van der Waals surface area contributed by atoms with Crippen molar-refractivity contribution in [1.29, 1.82) is 0 Å². The number of rotatable bonds is 2. The molecule has 0 aromatic heterocycles. The summed E-state index contributed by atoms with van der Waals surface area (Å²) in [6.07, 6.45) is 1.53. The van der Waals surface area contributed by atoms with Crippen LogP contribution in [0.3, 0.4) is 0 Å². The van der Waals surface area contributed by atoms with Crippen LogP contribution < -0.4 is 0 Å². The molecule has 2 aliphatic rings. The summed E-state index contributed by atoms with van der Waals surface area (Å²) in [6, 6.07) is 6.97. The Kier molecular flexibility index (Phi) is 4.16. The van der Waals surface area contributed by atoms with E-state index in [1.165, 1.54) is 0 Å². The fraction of sp³-hybridized carbons (Fsp3) is 0.538. The van der Waals surface area contributed by atoms with Gasteiger partial charge in [0.05, 0.1) is 11.5 Å². The molecule has 2 fully saturated rings. The van der Waals surface area contributed by atoms with Gasteiger partial charge in [-0.05, 0) is 40.9 Å². The first kappa shape index (κ1) is 14.8. The zero-order valence-electron chi connectivity index (χ0n) is 10.9. The van der Waals surface area contributed by atoms with Gasteiger partial charge in [0.1, 0.15) is 4.93 Å². The van der Waals surface area contributed by atoms with Crippen molar-refractivity contribution in [3.63, 3.8) is 0 Å². The first-order valence-electron chi connectivity index (χ1n) is 6.56. The van der Waals surface area contributed by atoms with Gasteiger partial charge in [-0.2, -0.15) is 4.31 Å². The normalized spacial score (nSPS) is 23.2. The molecular weight excluding hydrogens is 362 g/mol. The summed E-state index contributed by atoms with van der Waals surface area (Å²) in [4.78, 5) is 0.205. The third-order valence-electron chi connectivity index (χ3n) is 3.75. The van der Waals surface area contributed by atoms with Crippen molar-refractivity contribution in [1.82, 2.24) is 4.31 Å². The quantitative estimate of drug-likeness (QED) is 0.794. The Morgan fingerprint density at radius 3 is 2.55 bits per heavy atom. The molecule has 7 heteroatoms. The van der Waals surface area contributed by atoms with Gasteiger partial charge in [-0.3, -0.25) is 0 Å². The van der Waals surface area contributed by atoms with Gasteiger partial charge in [-0.1, -0.05) is 12.1 Å². The molecule has 3 rings (SSSR count). The third-order valence-corrected chi connectivity index (χ3v) is 8.09. The van der Waals surface area contributed by atoms with E-state index in [4.69, 9.17) is 4.74 Å². The van der Waals surface area contributed by atoms with E-state index in [1.54, 1.807) is 22.5 Å². The van der Waals surface area contributed by atoms with E-state index in [-0.39, 0.29) is 4.93 Å². The molecule has 2 saturated heterocycles. The highest BCUT2D eigenvalue weighted by Gasteiger charge is 2.42. The molecule has 2 heterocycles. The first-order chi connectivity index (χ1) is 9.54. The number of thioether (sulfide) groups is 1. The van der Waals surface area contributed by atoms with Crippen molar-refractivity contribution in [3.8, 4) is 0 Å². The zero-order valence-corrected chi connectivity index (χ0v) is 14.1. The summed E-state index contributed by atoms with van der Waals surface area (Å²) in [5.41, 5.74) is 0. The Balaban J connectivity index is 1.79. The maximum absolute atomic E-state index is 12.7. The van der Waals surface area contributed by atoms with Crippen LogP contribution in [0.25, 0.3) is 0 Å². The summed E-state index contributed by atoms with van der Waals surface area (Å²) in [5, 5.41) is 0. The Hall–Kier alpha value is -0.0800. The lowest BCUT2D eigenvalue weighted by atomic mass is 10.1. The van der Waals surface area contributed by atoms with Crippen LogP contribution in [0.2, 0.25) is 0 Å². The minimum atomic E-state index is -3.42. The summed E-state index contributed by atoms with van der Waals surface area (Å²) in [7, 11) is -3.42. The number of piperidine rings is 1. The molecule has 110 valence electrons. The van der Waals surface area contributed by atoms with Gasteiger partial charge in [-0.25, -0.2) is 8.42 Å². The van der Waals surface area contributed by atoms with Crippen LogP contribution in [-0.4, -0.2) is 43.1 Å². The molecule has 0 aliphatic carbocycles. The zero-order chi connectivity index (χ0) is 14.2. The predicted octanol–water partition coefficient (Wildman–Crippen LogP) is 2.69. The molecule has 1 spiro atoms. The number of nitrogens with zero attached hydrogens (tertiary/aromatic N) is 1. The van der Waals surface area contributed by atoms with Gasteiger partial charge < -0.3 is 4.74 Å². The molecule has 1 aromatic carbocycles. The predicted molar refractivity (Wildman–Crippen MR) is 83.3 cm³/mol. The van der Waals surface area contributed by atoms with E-state index < -0.39 is 10.0 Å². The lowest BCUT2D eigenvalue weighted by Crippen LogP contribution is -2.45. The Labute approximate surface area is 132 Å². The Morgan fingerprint density at radius 1 is 1.25 bits per heavy atom. The van der Waals surface area contributed by atoms with Crippen molar-refractivity contribution >= 4 is 37.7 Å². The molecule has 1 aromatic rings.